The van der Waals surface area contributed by atoms with Gasteiger partial charge in [-0.1, -0.05) is 81.0 Å². The third-order valence-electron chi connectivity index (χ3n) is 3.64. The molecular formula is C18H13BrN2S2. The molecule has 2 aromatic carbocycles. The van der Waals surface area contributed by atoms with Gasteiger partial charge in [0.15, 0.2) is 5.00 Å². The van der Waals surface area contributed by atoms with Gasteiger partial charge in [-0.25, -0.2) is 9.98 Å². The highest BCUT2D eigenvalue weighted by molar-refractivity contribution is 9.10. The maximum Gasteiger partial charge on any atom is 0.150 e. The molecule has 0 amide bonds. The summed E-state index contributed by atoms with van der Waals surface area (Å²) in [4.78, 5) is 9.61. The molecule has 0 N–H and O–H groups in total. The van der Waals surface area contributed by atoms with Crippen LogP contribution < -0.4 is 0 Å². The number of rotatable bonds is 2. The Balaban J connectivity index is 1.69. The predicted molar refractivity (Wildman–Crippen MR) is 103 cm³/mol. The monoisotopic (exact) mass is 400 g/mol. The summed E-state index contributed by atoms with van der Waals surface area (Å²) in [6, 6.07) is 16.8. The molecule has 3 aromatic rings. The maximum absolute atomic E-state index is 4.85. The summed E-state index contributed by atoms with van der Waals surface area (Å²) in [5.41, 5.74) is 4.72. The van der Waals surface area contributed by atoms with E-state index < -0.39 is 0 Å². The molecule has 0 atom stereocenters. The van der Waals surface area contributed by atoms with Crippen LogP contribution in [-0.4, -0.2) is 16.4 Å². The van der Waals surface area contributed by atoms with Crippen molar-refractivity contribution in [1.82, 2.24) is 4.98 Å². The van der Waals surface area contributed by atoms with E-state index in [1.54, 1.807) is 23.1 Å². The van der Waals surface area contributed by atoms with Gasteiger partial charge in [0.05, 0.1) is 5.71 Å². The zero-order valence-electron chi connectivity index (χ0n) is 12.4. The highest BCUT2D eigenvalue weighted by Crippen LogP contribution is 2.42. The molecule has 0 fully saturated rings. The van der Waals surface area contributed by atoms with Gasteiger partial charge in [0.25, 0.3) is 0 Å². The van der Waals surface area contributed by atoms with Crippen LogP contribution in [0.4, 0.5) is 5.00 Å². The van der Waals surface area contributed by atoms with Crippen LogP contribution in [0.25, 0.3) is 10.6 Å². The predicted octanol–water partition coefficient (Wildman–Crippen LogP) is 6.11. The molecular weight excluding hydrogens is 388 g/mol. The number of aromatic nitrogens is 1. The topological polar surface area (TPSA) is 25.2 Å². The van der Waals surface area contributed by atoms with E-state index in [2.05, 4.69) is 71.4 Å². The van der Waals surface area contributed by atoms with Crippen molar-refractivity contribution in [2.75, 3.05) is 5.75 Å². The van der Waals surface area contributed by atoms with E-state index in [4.69, 9.17) is 9.98 Å². The second-order valence-corrected chi connectivity index (χ2v) is 8.21. The van der Waals surface area contributed by atoms with Crippen LogP contribution >= 0.6 is 39.0 Å². The van der Waals surface area contributed by atoms with Crippen LogP contribution in [0.3, 0.4) is 0 Å². The minimum atomic E-state index is 0.867. The van der Waals surface area contributed by atoms with Crippen LogP contribution in [0.5, 0.6) is 0 Å². The van der Waals surface area contributed by atoms with Crippen molar-refractivity contribution in [2.24, 2.45) is 4.99 Å². The number of nitrogens with zero attached hydrogens (tertiary/aromatic N) is 2. The van der Waals surface area contributed by atoms with E-state index in [1.807, 2.05) is 0 Å². The number of benzene rings is 2. The first-order valence-electron chi connectivity index (χ1n) is 7.23. The number of thiazole rings is 1. The number of halogens is 1. The highest BCUT2D eigenvalue weighted by Gasteiger charge is 2.19. The summed E-state index contributed by atoms with van der Waals surface area (Å²) in [6.07, 6.45) is 0. The van der Waals surface area contributed by atoms with Gasteiger partial charge in [-0.05, 0) is 24.6 Å². The van der Waals surface area contributed by atoms with Gasteiger partial charge in [-0.3, -0.25) is 0 Å². The molecule has 0 aliphatic carbocycles. The molecule has 1 aromatic heterocycles. The Morgan fingerprint density at radius 1 is 0.957 bits per heavy atom. The number of aliphatic imine (C=N–C) groups is 1. The molecule has 0 spiro atoms. The first kappa shape index (κ1) is 15.1. The fourth-order valence-electron chi connectivity index (χ4n) is 2.36. The molecule has 0 unspecified atom stereocenters. The van der Waals surface area contributed by atoms with Crippen molar-refractivity contribution in [3.05, 3.63) is 64.1 Å². The SMILES string of the molecule is Cc1ccc(-c2nc3c(s2)N=C(c2ccc(Br)cc2)CS3)cc1. The number of fused-ring (bicyclic) bond motifs is 1. The molecule has 0 bridgehead atoms. The Morgan fingerprint density at radius 2 is 1.65 bits per heavy atom. The van der Waals surface area contributed by atoms with Crippen molar-refractivity contribution in [2.45, 2.75) is 11.9 Å². The number of thioether (sulfide) groups is 1. The molecule has 0 radical (unpaired) electrons. The van der Waals surface area contributed by atoms with Gasteiger partial charge < -0.3 is 0 Å². The van der Waals surface area contributed by atoms with Crippen LogP contribution in [0.15, 0.2) is 63.0 Å². The molecule has 1 aliphatic rings. The van der Waals surface area contributed by atoms with Crippen LogP contribution in [0, 0.1) is 6.92 Å². The van der Waals surface area contributed by atoms with E-state index in [-0.39, 0.29) is 0 Å². The smallest absolute Gasteiger partial charge is 0.150 e. The minimum absolute atomic E-state index is 0.867. The van der Waals surface area contributed by atoms with Crippen molar-refractivity contribution in [1.29, 1.82) is 0 Å². The standard InChI is InChI=1S/C18H13BrN2S2/c1-11-2-4-13(5-3-11)16-21-17-18(23-16)20-15(10-22-17)12-6-8-14(19)9-7-12/h2-9H,10H2,1H3. The van der Waals surface area contributed by atoms with Crippen LogP contribution in [0.2, 0.25) is 0 Å². The van der Waals surface area contributed by atoms with Crippen molar-refractivity contribution in [3.8, 4) is 10.6 Å². The molecule has 0 saturated heterocycles. The first-order valence-corrected chi connectivity index (χ1v) is 9.83. The fourth-order valence-corrected chi connectivity index (χ4v) is 4.68. The van der Waals surface area contributed by atoms with Crippen molar-refractivity contribution < 1.29 is 0 Å². The average Bonchev–Trinajstić information content (AvgIpc) is 2.99. The average molecular weight is 401 g/mol. The third kappa shape index (κ3) is 3.13. The zero-order chi connectivity index (χ0) is 15.8. The van der Waals surface area contributed by atoms with Crippen molar-refractivity contribution in [3.63, 3.8) is 0 Å². The second kappa shape index (κ2) is 6.23. The maximum atomic E-state index is 4.85. The van der Waals surface area contributed by atoms with Gasteiger partial charge in [0.2, 0.25) is 0 Å². The quantitative estimate of drug-likeness (QED) is 0.518. The summed E-state index contributed by atoms with van der Waals surface area (Å²) in [6.45, 7) is 2.10. The largest absolute Gasteiger partial charge is 0.238 e. The highest BCUT2D eigenvalue weighted by atomic mass is 79.9. The Hall–Kier alpha value is -1.43. The molecule has 1 aliphatic heterocycles. The Labute approximate surface area is 151 Å². The Bertz CT molecular complexity index is 880. The normalized spacial score (nSPS) is 13.6. The Morgan fingerprint density at radius 3 is 2.39 bits per heavy atom. The van der Waals surface area contributed by atoms with E-state index in [9.17, 15) is 0 Å². The van der Waals surface area contributed by atoms with Gasteiger partial charge >= 0.3 is 0 Å². The lowest BCUT2D eigenvalue weighted by atomic mass is 10.1. The second-order valence-electron chi connectivity index (χ2n) is 5.35. The summed E-state index contributed by atoms with van der Waals surface area (Å²) in [5.74, 6) is 0.867. The lowest BCUT2D eigenvalue weighted by molar-refractivity contribution is 1.19. The van der Waals surface area contributed by atoms with Gasteiger partial charge in [0, 0.05) is 15.8 Å². The minimum Gasteiger partial charge on any atom is -0.238 e. The molecule has 0 saturated carbocycles. The Kier molecular flexibility index (Phi) is 4.09. The van der Waals surface area contributed by atoms with Crippen molar-refractivity contribution >= 4 is 49.7 Å². The molecule has 23 heavy (non-hydrogen) atoms. The van der Waals surface area contributed by atoms with E-state index in [1.165, 1.54) is 11.1 Å². The molecule has 2 nitrogen and oxygen atoms in total. The molecule has 5 heteroatoms. The van der Waals surface area contributed by atoms with Gasteiger partial charge in [0.1, 0.15) is 10.0 Å². The summed E-state index contributed by atoms with van der Waals surface area (Å²) >= 11 is 6.91. The van der Waals surface area contributed by atoms with E-state index in [0.29, 0.717) is 0 Å². The van der Waals surface area contributed by atoms with E-state index >= 15 is 0 Å². The lowest BCUT2D eigenvalue weighted by Gasteiger charge is -2.10. The molecule has 2 heterocycles. The summed E-state index contributed by atoms with van der Waals surface area (Å²) in [5, 5.41) is 3.12. The van der Waals surface area contributed by atoms with Gasteiger partial charge in [-0.2, -0.15) is 0 Å². The van der Waals surface area contributed by atoms with Crippen LogP contribution in [0.1, 0.15) is 11.1 Å². The lowest BCUT2D eigenvalue weighted by Crippen LogP contribution is -2.06. The number of aryl methyl sites for hydroxylation is 1. The zero-order valence-corrected chi connectivity index (χ0v) is 15.6. The number of hydrogen-bond donors (Lipinski definition) is 0. The fraction of sp³-hybridized carbons (Fsp3) is 0.111. The molecule has 4 rings (SSSR count). The summed E-state index contributed by atoms with van der Waals surface area (Å²) in [7, 11) is 0. The van der Waals surface area contributed by atoms with Crippen LogP contribution in [-0.2, 0) is 0 Å². The third-order valence-corrected chi connectivity index (χ3v) is 6.27. The molecule has 114 valence electrons. The van der Waals surface area contributed by atoms with E-state index in [0.717, 1.165) is 36.5 Å². The summed E-state index contributed by atoms with van der Waals surface area (Å²) < 4.78 is 1.09. The van der Waals surface area contributed by atoms with Gasteiger partial charge in [-0.15, -0.1) is 0 Å². The first-order chi connectivity index (χ1) is 11.2. The number of hydrogen-bond acceptors (Lipinski definition) is 4.